The standard InChI is InChI=1S/C14H18N4S/c1-2-4-11(5-3-1)17-8-12-10-19-14(18-12)13-9-15-6-7-16-13/h6-7,9-11,17H,1-5,8H2. The van der Waals surface area contributed by atoms with Crippen LogP contribution in [0.4, 0.5) is 0 Å². The van der Waals surface area contributed by atoms with Gasteiger partial charge in [-0.15, -0.1) is 11.3 Å². The van der Waals surface area contributed by atoms with Crippen LogP contribution in [0.5, 0.6) is 0 Å². The van der Waals surface area contributed by atoms with Gasteiger partial charge in [0, 0.05) is 30.4 Å². The van der Waals surface area contributed by atoms with Crippen LogP contribution in [0, 0.1) is 0 Å². The van der Waals surface area contributed by atoms with Crippen molar-refractivity contribution in [2.45, 2.75) is 44.7 Å². The minimum absolute atomic E-state index is 0.676. The third-order valence-electron chi connectivity index (χ3n) is 3.51. The molecular formula is C14H18N4S. The number of thiazole rings is 1. The quantitative estimate of drug-likeness (QED) is 0.931. The van der Waals surface area contributed by atoms with Gasteiger partial charge in [0.25, 0.3) is 0 Å². The van der Waals surface area contributed by atoms with Gasteiger partial charge in [0.15, 0.2) is 0 Å². The Bertz CT molecular complexity index is 505. The van der Waals surface area contributed by atoms with Crippen LogP contribution in [0.25, 0.3) is 10.7 Å². The van der Waals surface area contributed by atoms with Crippen molar-refractivity contribution in [2.24, 2.45) is 0 Å². The Hall–Kier alpha value is -1.33. The Balaban J connectivity index is 1.59. The van der Waals surface area contributed by atoms with E-state index in [1.165, 1.54) is 32.1 Å². The molecule has 2 aromatic rings. The molecule has 0 atom stereocenters. The summed E-state index contributed by atoms with van der Waals surface area (Å²) in [5.74, 6) is 0. The van der Waals surface area contributed by atoms with Gasteiger partial charge in [-0.2, -0.15) is 0 Å². The molecule has 0 radical (unpaired) electrons. The predicted molar refractivity (Wildman–Crippen MR) is 76.9 cm³/mol. The van der Waals surface area contributed by atoms with Gasteiger partial charge in [-0.1, -0.05) is 19.3 Å². The fourth-order valence-corrected chi connectivity index (χ4v) is 3.25. The van der Waals surface area contributed by atoms with Crippen molar-refractivity contribution in [3.63, 3.8) is 0 Å². The van der Waals surface area contributed by atoms with Crippen molar-refractivity contribution in [1.29, 1.82) is 0 Å². The Morgan fingerprint density at radius 3 is 2.89 bits per heavy atom. The molecule has 5 heteroatoms. The molecule has 0 aliphatic heterocycles. The molecule has 2 heterocycles. The van der Waals surface area contributed by atoms with Crippen molar-refractivity contribution in [3.8, 4) is 10.7 Å². The monoisotopic (exact) mass is 274 g/mol. The van der Waals surface area contributed by atoms with Crippen molar-refractivity contribution in [1.82, 2.24) is 20.3 Å². The van der Waals surface area contributed by atoms with Crippen LogP contribution in [-0.4, -0.2) is 21.0 Å². The van der Waals surface area contributed by atoms with Crippen LogP contribution in [0.2, 0.25) is 0 Å². The van der Waals surface area contributed by atoms with Crippen molar-refractivity contribution < 1.29 is 0 Å². The zero-order valence-electron chi connectivity index (χ0n) is 10.9. The lowest BCUT2D eigenvalue weighted by molar-refractivity contribution is 0.371. The Kier molecular flexibility index (Phi) is 4.15. The smallest absolute Gasteiger partial charge is 0.143 e. The molecule has 0 saturated heterocycles. The largest absolute Gasteiger partial charge is 0.308 e. The van der Waals surface area contributed by atoms with E-state index < -0.39 is 0 Å². The average molecular weight is 274 g/mol. The molecule has 0 unspecified atom stereocenters. The predicted octanol–water partition coefficient (Wildman–Crippen LogP) is 3.02. The minimum Gasteiger partial charge on any atom is -0.308 e. The summed E-state index contributed by atoms with van der Waals surface area (Å²) in [6.45, 7) is 0.863. The summed E-state index contributed by atoms with van der Waals surface area (Å²) < 4.78 is 0. The molecule has 1 aliphatic rings. The average Bonchev–Trinajstić information content (AvgIpc) is 2.96. The molecule has 3 rings (SSSR count). The van der Waals surface area contributed by atoms with Gasteiger partial charge >= 0.3 is 0 Å². The molecule has 1 N–H and O–H groups in total. The first-order chi connectivity index (χ1) is 9.42. The number of hydrogen-bond donors (Lipinski definition) is 1. The Morgan fingerprint density at radius 1 is 1.21 bits per heavy atom. The second-order valence-corrected chi connectivity index (χ2v) is 5.81. The van der Waals surface area contributed by atoms with Gasteiger partial charge in [0.05, 0.1) is 11.9 Å². The van der Waals surface area contributed by atoms with Gasteiger partial charge in [0.2, 0.25) is 0 Å². The Labute approximate surface area is 117 Å². The lowest BCUT2D eigenvalue weighted by atomic mass is 9.95. The molecule has 1 fully saturated rings. The summed E-state index contributed by atoms with van der Waals surface area (Å²) in [6, 6.07) is 0.676. The van der Waals surface area contributed by atoms with Crippen LogP contribution in [0.3, 0.4) is 0 Å². The van der Waals surface area contributed by atoms with Crippen molar-refractivity contribution in [2.75, 3.05) is 0 Å². The number of hydrogen-bond acceptors (Lipinski definition) is 5. The zero-order chi connectivity index (χ0) is 12.9. The van der Waals surface area contributed by atoms with E-state index in [9.17, 15) is 0 Å². The van der Waals surface area contributed by atoms with Crippen LogP contribution >= 0.6 is 11.3 Å². The van der Waals surface area contributed by atoms with Gasteiger partial charge in [0.1, 0.15) is 10.7 Å². The Morgan fingerprint density at radius 2 is 2.11 bits per heavy atom. The van der Waals surface area contributed by atoms with E-state index in [0.717, 1.165) is 22.9 Å². The van der Waals surface area contributed by atoms with Crippen LogP contribution < -0.4 is 5.32 Å². The highest BCUT2D eigenvalue weighted by molar-refractivity contribution is 7.13. The number of aromatic nitrogens is 3. The lowest BCUT2D eigenvalue weighted by Gasteiger charge is -2.22. The lowest BCUT2D eigenvalue weighted by Crippen LogP contribution is -2.30. The molecule has 19 heavy (non-hydrogen) atoms. The molecule has 1 saturated carbocycles. The fourth-order valence-electron chi connectivity index (χ4n) is 2.47. The van der Waals surface area contributed by atoms with E-state index in [1.807, 2.05) is 0 Å². The highest BCUT2D eigenvalue weighted by Crippen LogP contribution is 2.21. The number of nitrogens with one attached hydrogen (secondary N) is 1. The summed E-state index contributed by atoms with van der Waals surface area (Å²) in [4.78, 5) is 13.0. The molecule has 1 aliphatic carbocycles. The molecule has 100 valence electrons. The molecule has 0 amide bonds. The zero-order valence-corrected chi connectivity index (χ0v) is 11.7. The third-order valence-corrected chi connectivity index (χ3v) is 4.42. The van der Waals surface area contributed by atoms with E-state index in [2.05, 4.69) is 25.6 Å². The first-order valence-electron chi connectivity index (χ1n) is 6.86. The van der Waals surface area contributed by atoms with Crippen molar-refractivity contribution >= 4 is 11.3 Å². The highest BCUT2D eigenvalue weighted by Gasteiger charge is 2.13. The maximum atomic E-state index is 4.62. The van der Waals surface area contributed by atoms with Gasteiger partial charge in [-0.3, -0.25) is 9.97 Å². The molecule has 0 spiro atoms. The van der Waals surface area contributed by atoms with E-state index in [4.69, 9.17) is 0 Å². The van der Waals surface area contributed by atoms with E-state index in [-0.39, 0.29) is 0 Å². The van der Waals surface area contributed by atoms with E-state index in [1.54, 1.807) is 29.9 Å². The summed E-state index contributed by atoms with van der Waals surface area (Å²) >= 11 is 1.64. The summed E-state index contributed by atoms with van der Waals surface area (Å²) in [6.07, 6.45) is 11.9. The maximum Gasteiger partial charge on any atom is 0.143 e. The van der Waals surface area contributed by atoms with Crippen molar-refractivity contribution in [3.05, 3.63) is 29.7 Å². The summed E-state index contributed by atoms with van der Waals surface area (Å²) in [5, 5.41) is 6.67. The topological polar surface area (TPSA) is 50.7 Å². The maximum absolute atomic E-state index is 4.62. The molecular weight excluding hydrogens is 256 g/mol. The van der Waals surface area contributed by atoms with E-state index in [0.29, 0.717) is 6.04 Å². The normalized spacial score (nSPS) is 16.6. The highest BCUT2D eigenvalue weighted by atomic mass is 32.1. The van der Waals surface area contributed by atoms with Crippen LogP contribution in [0.1, 0.15) is 37.8 Å². The number of nitrogens with zero attached hydrogens (tertiary/aromatic N) is 3. The summed E-state index contributed by atoms with van der Waals surface area (Å²) in [7, 11) is 0. The van der Waals surface area contributed by atoms with Crippen LogP contribution in [-0.2, 0) is 6.54 Å². The first kappa shape index (κ1) is 12.7. The second-order valence-electron chi connectivity index (χ2n) is 4.95. The molecule has 0 aromatic carbocycles. The summed E-state index contributed by atoms with van der Waals surface area (Å²) in [5.41, 5.74) is 1.97. The number of rotatable bonds is 4. The molecule has 0 bridgehead atoms. The SMILES string of the molecule is c1cnc(-c2nc(CNC3CCCCC3)cs2)cn1. The van der Waals surface area contributed by atoms with Crippen LogP contribution in [0.15, 0.2) is 24.0 Å². The first-order valence-corrected chi connectivity index (χ1v) is 7.74. The fraction of sp³-hybridized carbons (Fsp3) is 0.500. The van der Waals surface area contributed by atoms with Gasteiger partial charge in [-0.25, -0.2) is 4.98 Å². The van der Waals surface area contributed by atoms with Gasteiger partial charge in [-0.05, 0) is 12.8 Å². The minimum atomic E-state index is 0.676. The second kappa shape index (κ2) is 6.21. The van der Waals surface area contributed by atoms with Gasteiger partial charge < -0.3 is 5.32 Å². The third kappa shape index (κ3) is 3.36. The molecule has 4 nitrogen and oxygen atoms in total. The molecule has 2 aromatic heterocycles. The van der Waals surface area contributed by atoms with E-state index >= 15 is 0 Å².